The van der Waals surface area contributed by atoms with E-state index >= 15 is 0 Å². The molecule has 0 amide bonds. The van der Waals surface area contributed by atoms with Crippen molar-refractivity contribution in [3.63, 3.8) is 0 Å². The van der Waals surface area contributed by atoms with Gasteiger partial charge in [-0.25, -0.2) is 0 Å². The van der Waals surface area contributed by atoms with Crippen LogP contribution in [-0.2, 0) is 0 Å². The van der Waals surface area contributed by atoms with Crippen LogP contribution in [0.15, 0.2) is 100 Å². The first-order valence-corrected chi connectivity index (χ1v) is 9.05. The number of hydrogen-bond acceptors (Lipinski definition) is 3. The average Bonchev–Trinajstić information content (AvgIpc) is 2.73. The Hall–Kier alpha value is -3.85. The molecule has 0 saturated heterocycles. The summed E-state index contributed by atoms with van der Waals surface area (Å²) in [5, 5.41) is 12.4. The van der Waals surface area contributed by atoms with E-state index in [4.69, 9.17) is 4.42 Å². The summed E-state index contributed by atoms with van der Waals surface area (Å²) in [6.07, 6.45) is 0. The highest BCUT2D eigenvalue weighted by Crippen LogP contribution is 2.34. The number of benzene rings is 4. The molecule has 3 heteroatoms. The molecular weight excluding hydrogens is 348 g/mol. The summed E-state index contributed by atoms with van der Waals surface area (Å²) in [5.41, 5.74) is 2.40. The monoisotopic (exact) mass is 364 g/mol. The van der Waals surface area contributed by atoms with Crippen LogP contribution >= 0.6 is 0 Å². The quantitative estimate of drug-likeness (QED) is 0.419. The molecule has 0 unspecified atom stereocenters. The third-order valence-corrected chi connectivity index (χ3v) is 4.95. The van der Waals surface area contributed by atoms with Crippen LogP contribution in [-0.4, -0.2) is 5.11 Å². The van der Waals surface area contributed by atoms with Gasteiger partial charge in [-0.05, 0) is 34.5 Å². The van der Waals surface area contributed by atoms with Crippen molar-refractivity contribution in [3.8, 4) is 28.2 Å². The molecule has 1 N–H and O–H groups in total. The van der Waals surface area contributed by atoms with Crippen LogP contribution in [0.1, 0.15) is 0 Å². The Kier molecular flexibility index (Phi) is 3.73. The zero-order valence-corrected chi connectivity index (χ0v) is 14.9. The summed E-state index contributed by atoms with van der Waals surface area (Å²) in [6, 6.07) is 28.2. The fourth-order valence-electron chi connectivity index (χ4n) is 3.58. The van der Waals surface area contributed by atoms with Crippen LogP contribution in [0.3, 0.4) is 0 Å². The largest absolute Gasteiger partial charge is 0.508 e. The smallest absolute Gasteiger partial charge is 0.201 e. The van der Waals surface area contributed by atoms with Crippen LogP contribution in [0, 0.1) is 0 Å². The second kappa shape index (κ2) is 6.39. The maximum Gasteiger partial charge on any atom is 0.201 e. The average molecular weight is 364 g/mol. The van der Waals surface area contributed by atoms with Gasteiger partial charge in [-0.15, -0.1) is 0 Å². The van der Waals surface area contributed by atoms with Crippen molar-refractivity contribution in [2.75, 3.05) is 0 Å². The van der Waals surface area contributed by atoms with Crippen molar-refractivity contribution in [3.05, 3.63) is 101 Å². The molecule has 1 heterocycles. The fraction of sp³-hybridized carbons (Fsp3) is 0. The van der Waals surface area contributed by atoms with Crippen molar-refractivity contribution in [2.24, 2.45) is 0 Å². The predicted octanol–water partition coefficient (Wildman–Crippen LogP) is 5.99. The molecule has 0 bridgehead atoms. The lowest BCUT2D eigenvalue weighted by Crippen LogP contribution is -2.07. The van der Waals surface area contributed by atoms with Crippen LogP contribution < -0.4 is 5.43 Å². The number of rotatable bonds is 2. The second-order valence-electron chi connectivity index (χ2n) is 6.74. The topological polar surface area (TPSA) is 50.4 Å². The SMILES string of the molecule is O=c1c(-c2ccc3ccccc3c2)c(-c2ccccc2)oc2cc(O)ccc12. The molecular formula is C25H16O3. The van der Waals surface area contributed by atoms with E-state index in [1.807, 2.05) is 72.8 Å². The molecule has 0 atom stereocenters. The minimum absolute atomic E-state index is 0.0631. The Morgan fingerprint density at radius 2 is 1.43 bits per heavy atom. The molecule has 0 aliphatic carbocycles. The molecule has 0 fully saturated rings. The maximum absolute atomic E-state index is 13.4. The highest BCUT2D eigenvalue weighted by molar-refractivity contribution is 5.93. The van der Waals surface area contributed by atoms with E-state index in [9.17, 15) is 9.90 Å². The van der Waals surface area contributed by atoms with Crippen LogP contribution in [0.5, 0.6) is 5.75 Å². The molecule has 0 radical (unpaired) electrons. The number of fused-ring (bicyclic) bond motifs is 2. The Morgan fingerprint density at radius 3 is 2.25 bits per heavy atom. The first-order valence-electron chi connectivity index (χ1n) is 9.05. The fourth-order valence-corrected chi connectivity index (χ4v) is 3.58. The normalized spacial score (nSPS) is 11.1. The molecule has 28 heavy (non-hydrogen) atoms. The first kappa shape index (κ1) is 16.3. The van der Waals surface area contributed by atoms with Gasteiger partial charge in [0.25, 0.3) is 0 Å². The van der Waals surface area contributed by atoms with Gasteiger partial charge in [0.15, 0.2) is 0 Å². The van der Waals surface area contributed by atoms with Gasteiger partial charge in [0, 0.05) is 11.6 Å². The number of aromatic hydroxyl groups is 1. The van der Waals surface area contributed by atoms with E-state index in [-0.39, 0.29) is 11.2 Å². The van der Waals surface area contributed by atoms with E-state index in [2.05, 4.69) is 0 Å². The summed E-state index contributed by atoms with van der Waals surface area (Å²) in [4.78, 5) is 13.4. The zero-order valence-electron chi connectivity index (χ0n) is 14.9. The van der Waals surface area contributed by atoms with E-state index in [0.29, 0.717) is 22.3 Å². The lowest BCUT2D eigenvalue weighted by Gasteiger charge is -2.11. The summed E-state index contributed by atoms with van der Waals surface area (Å²) < 4.78 is 6.15. The van der Waals surface area contributed by atoms with Gasteiger partial charge in [-0.1, -0.05) is 66.7 Å². The molecule has 0 aliphatic rings. The summed E-state index contributed by atoms with van der Waals surface area (Å²) in [7, 11) is 0. The molecule has 5 rings (SSSR count). The van der Waals surface area contributed by atoms with Crippen LogP contribution in [0.25, 0.3) is 44.2 Å². The van der Waals surface area contributed by atoms with Crippen LogP contribution in [0.4, 0.5) is 0 Å². The van der Waals surface area contributed by atoms with Crippen molar-refractivity contribution >= 4 is 21.7 Å². The van der Waals surface area contributed by atoms with Crippen molar-refractivity contribution in [1.82, 2.24) is 0 Å². The Labute approximate surface area is 161 Å². The molecule has 0 aliphatic heterocycles. The Morgan fingerprint density at radius 1 is 0.679 bits per heavy atom. The van der Waals surface area contributed by atoms with Crippen molar-refractivity contribution in [2.45, 2.75) is 0 Å². The summed E-state index contributed by atoms with van der Waals surface area (Å²) in [6.45, 7) is 0. The van der Waals surface area contributed by atoms with Gasteiger partial charge >= 0.3 is 0 Å². The molecule has 1 aromatic heterocycles. The second-order valence-corrected chi connectivity index (χ2v) is 6.74. The highest BCUT2D eigenvalue weighted by atomic mass is 16.3. The van der Waals surface area contributed by atoms with E-state index in [0.717, 1.165) is 21.9 Å². The maximum atomic E-state index is 13.4. The Bertz CT molecular complexity index is 1380. The lowest BCUT2D eigenvalue weighted by atomic mass is 9.96. The van der Waals surface area contributed by atoms with Gasteiger partial charge in [-0.2, -0.15) is 0 Å². The van der Waals surface area contributed by atoms with E-state index in [1.165, 1.54) is 12.1 Å². The van der Waals surface area contributed by atoms with Gasteiger partial charge in [0.05, 0.1) is 10.9 Å². The molecule has 3 nitrogen and oxygen atoms in total. The third-order valence-electron chi connectivity index (χ3n) is 4.95. The van der Waals surface area contributed by atoms with Crippen molar-refractivity contribution < 1.29 is 9.52 Å². The highest BCUT2D eigenvalue weighted by Gasteiger charge is 2.18. The van der Waals surface area contributed by atoms with E-state index in [1.54, 1.807) is 6.07 Å². The predicted molar refractivity (Wildman–Crippen MR) is 113 cm³/mol. The molecule has 4 aromatic carbocycles. The number of hydrogen-bond donors (Lipinski definition) is 1. The van der Waals surface area contributed by atoms with E-state index < -0.39 is 0 Å². The molecule has 134 valence electrons. The number of phenolic OH excluding ortho intramolecular Hbond substituents is 1. The van der Waals surface area contributed by atoms with Gasteiger partial charge in [0.2, 0.25) is 5.43 Å². The minimum atomic E-state index is -0.115. The summed E-state index contributed by atoms with van der Waals surface area (Å²) >= 11 is 0. The minimum Gasteiger partial charge on any atom is -0.508 e. The Balaban J connectivity index is 1.89. The lowest BCUT2D eigenvalue weighted by molar-refractivity contribution is 0.474. The van der Waals surface area contributed by atoms with Gasteiger partial charge in [-0.3, -0.25) is 4.79 Å². The van der Waals surface area contributed by atoms with Gasteiger partial charge < -0.3 is 9.52 Å². The summed E-state index contributed by atoms with van der Waals surface area (Å²) in [5.74, 6) is 0.562. The first-order chi connectivity index (χ1) is 13.7. The molecule has 0 saturated carbocycles. The zero-order chi connectivity index (χ0) is 19.1. The molecule has 0 spiro atoms. The molecule has 5 aromatic rings. The van der Waals surface area contributed by atoms with Gasteiger partial charge in [0.1, 0.15) is 17.1 Å². The third kappa shape index (κ3) is 2.65. The number of phenols is 1. The standard InChI is InChI=1S/C25H16O3/c26-20-12-13-21-22(15-20)28-25(17-7-2-1-3-8-17)23(24(21)27)19-11-10-16-6-4-5-9-18(16)14-19/h1-15,26H. The van der Waals surface area contributed by atoms with Crippen molar-refractivity contribution in [1.29, 1.82) is 0 Å². The van der Waals surface area contributed by atoms with Crippen LogP contribution in [0.2, 0.25) is 0 Å².